The average Bonchev–Trinajstić information content (AvgIpc) is 3.14. The molecule has 0 radical (unpaired) electrons. The maximum Gasteiger partial charge on any atom is 0.234 e. The van der Waals surface area contributed by atoms with Gasteiger partial charge in [-0.25, -0.2) is 0 Å². The Balaban J connectivity index is 1.62. The van der Waals surface area contributed by atoms with Crippen LogP contribution in [0.4, 0.5) is 5.69 Å². The van der Waals surface area contributed by atoms with Crippen LogP contribution in [0.3, 0.4) is 0 Å². The molecule has 0 aliphatic heterocycles. The van der Waals surface area contributed by atoms with Gasteiger partial charge in [0.05, 0.1) is 11.5 Å². The molecule has 1 N–H and O–H groups in total. The molecule has 0 unspecified atom stereocenters. The topological polar surface area (TPSA) is 59.8 Å². The van der Waals surface area contributed by atoms with Crippen molar-refractivity contribution in [2.75, 3.05) is 11.1 Å². The molecule has 7 heteroatoms. The normalized spacial score (nSPS) is 11.0. The minimum Gasteiger partial charge on any atom is -0.325 e. The first-order valence-electron chi connectivity index (χ1n) is 10.2. The van der Waals surface area contributed by atoms with Crippen molar-refractivity contribution in [1.82, 2.24) is 14.8 Å². The summed E-state index contributed by atoms with van der Waals surface area (Å²) < 4.78 is 2.02. The maximum atomic E-state index is 12.6. The number of carbonyl (C=O) groups excluding carboxylic acids is 1. The Hall–Kier alpha value is -2.51. The van der Waals surface area contributed by atoms with Gasteiger partial charge in [0.1, 0.15) is 5.82 Å². The van der Waals surface area contributed by atoms with Gasteiger partial charge >= 0.3 is 0 Å². The number of hydrogen-bond acceptors (Lipinski definition) is 5. The van der Waals surface area contributed by atoms with Crippen molar-refractivity contribution in [3.05, 3.63) is 78.1 Å². The zero-order valence-electron chi connectivity index (χ0n) is 18.2. The third kappa shape index (κ3) is 6.48. The molecule has 3 aromatic rings. The highest BCUT2D eigenvalue weighted by molar-refractivity contribution is 7.99. The molecular weight excluding hydrogens is 424 g/mol. The van der Waals surface area contributed by atoms with Crippen molar-refractivity contribution < 1.29 is 4.79 Å². The van der Waals surface area contributed by atoms with Crippen LogP contribution in [0.15, 0.2) is 71.2 Å². The summed E-state index contributed by atoms with van der Waals surface area (Å²) in [5.41, 5.74) is 3.24. The van der Waals surface area contributed by atoms with Crippen LogP contribution in [0.5, 0.6) is 0 Å². The van der Waals surface area contributed by atoms with Gasteiger partial charge in [0.25, 0.3) is 0 Å². The van der Waals surface area contributed by atoms with Crippen LogP contribution in [0.2, 0.25) is 0 Å². The molecule has 0 spiro atoms. The molecule has 0 atom stereocenters. The number of carbonyl (C=O) groups is 1. The molecule has 1 amide bonds. The van der Waals surface area contributed by atoms with E-state index in [0.717, 1.165) is 22.2 Å². The highest BCUT2D eigenvalue weighted by atomic mass is 32.2. The Morgan fingerprint density at radius 1 is 1.13 bits per heavy atom. The predicted octanol–water partition coefficient (Wildman–Crippen LogP) is 5.92. The largest absolute Gasteiger partial charge is 0.325 e. The van der Waals surface area contributed by atoms with Crippen molar-refractivity contribution in [2.24, 2.45) is 0 Å². The molecule has 1 aromatic heterocycles. The SMILES string of the molecule is C=CCn1c(CSc2ccc(C)cc2)nnc1SCC(=O)Nc1ccccc1C(C)C. The van der Waals surface area contributed by atoms with E-state index in [4.69, 9.17) is 0 Å². The molecule has 162 valence electrons. The van der Waals surface area contributed by atoms with E-state index >= 15 is 0 Å². The maximum absolute atomic E-state index is 12.6. The molecule has 5 nitrogen and oxygen atoms in total. The standard InChI is InChI=1S/C24H28N4OS2/c1-5-14-28-22(15-30-19-12-10-18(4)11-13-19)26-27-24(28)31-16-23(29)25-21-9-7-6-8-20(21)17(2)3/h5-13,17H,1,14-16H2,2-4H3,(H,25,29). The number of anilines is 1. The molecule has 1 heterocycles. The Kier molecular flexibility index (Phi) is 8.37. The summed E-state index contributed by atoms with van der Waals surface area (Å²) in [5.74, 6) is 2.14. The molecule has 0 saturated heterocycles. The van der Waals surface area contributed by atoms with Crippen molar-refractivity contribution in [3.8, 4) is 0 Å². The zero-order chi connectivity index (χ0) is 22.2. The van der Waals surface area contributed by atoms with E-state index in [0.29, 0.717) is 18.2 Å². The van der Waals surface area contributed by atoms with Crippen LogP contribution >= 0.6 is 23.5 Å². The molecule has 3 rings (SSSR count). The van der Waals surface area contributed by atoms with Crippen molar-refractivity contribution in [3.63, 3.8) is 0 Å². The zero-order valence-corrected chi connectivity index (χ0v) is 19.8. The summed E-state index contributed by atoms with van der Waals surface area (Å²) in [6.07, 6.45) is 1.83. The van der Waals surface area contributed by atoms with E-state index in [1.165, 1.54) is 22.2 Å². The highest BCUT2D eigenvalue weighted by Gasteiger charge is 2.15. The smallest absolute Gasteiger partial charge is 0.234 e. The number of thioether (sulfide) groups is 2. The van der Waals surface area contributed by atoms with E-state index in [1.54, 1.807) is 11.8 Å². The third-order valence-corrected chi connectivity index (χ3v) is 6.66. The lowest BCUT2D eigenvalue weighted by molar-refractivity contribution is -0.113. The minimum absolute atomic E-state index is 0.0539. The summed E-state index contributed by atoms with van der Waals surface area (Å²) >= 11 is 3.11. The quantitative estimate of drug-likeness (QED) is 0.306. The number of amides is 1. The Morgan fingerprint density at radius 2 is 1.87 bits per heavy atom. The summed E-state index contributed by atoms with van der Waals surface area (Å²) in [7, 11) is 0. The Bertz CT molecular complexity index is 1030. The lowest BCUT2D eigenvalue weighted by Crippen LogP contribution is -2.16. The van der Waals surface area contributed by atoms with Gasteiger partial charge in [0.15, 0.2) is 5.16 Å². The first-order valence-corrected chi connectivity index (χ1v) is 12.2. The van der Waals surface area contributed by atoms with E-state index in [1.807, 2.05) is 34.9 Å². The summed E-state index contributed by atoms with van der Waals surface area (Å²) in [6, 6.07) is 16.4. The second-order valence-corrected chi connectivity index (χ2v) is 9.47. The van der Waals surface area contributed by atoms with Crippen molar-refractivity contribution in [1.29, 1.82) is 0 Å². The van der Waals surface area contributed by atoms with Gasteiger partial charge in [-0.15, -0.1) is 28.5 Å². The highest BCUT2D eigenvalue weighted by Crippen LogP contribution is 2.26. The molecule has 2 aromatic carbocycles. The molecular formula is C24H28N4OS2. The first-order chi connectivity index (χ1) is 15.0. The minimum atomic E-state index is -0.0539. The lowest BCUT2D eigenvalue weighted by atomic mass is 10.0. The fraction of sp³-hybridized carbons (Fsp3) is 0.292. The van der Waals surface area contributed by atoms with Crippen LogP contribution in [0.1, 0.15) is 36.7 Å². The van der Waals surface area contributed by atoms with Gasteiger partial charge in [-0.05, 0) is 36.6 Å². The number of nitrogens with zero attached hydrogens (tertiary/aromatic N) is 3. The van der Waals surface area contributed by atoms with Crippen molar-refractivity contribution >= 4 is 35.1 Å². The number of para-hydroxylation sites is 1. The van der Waals surface area contributed by atoms with E-state index in [-0.39, 0.29) is 11.7 Å². The van der Waals surface area contributed by atoms with Gasteiger partial charge in [-0.3, -0.25) is 4.79 Å². The van der Waals surface area contributed by atoms with Gasteiger partial charge in [-0.1, -0.05) is 67.6 Å². The van der Waals surface area contributed by atoms with Gasteiger partial charge in [0, 0.05) is 17.1 Å². The number of aryl methyl sites for hydroxylation is 1. The lowest BCUT2D eigenvalue weighted by Gasteiger charge is -2.13. The first kappa shape index (κ1) is 23.2. The molecule has 0 saturated carbocycles. The van der Waals surface area contributed by atoms with Gasteiger partial charge < -0.3 is 9.88 Å². The number of hydrogen-bond donors (Lipinski definition) is 1. The van der Waals surface area contributed by atoms with Crippen molar-refractivity contribution in [2.45, 2.75) is 49.0 Å². The fourth-order valence-electron chi connectivity index (χ4n) is 3.06. The van der Waals surface area contributed by atoms with E-state index < -0.39 is 0 Å². The molecule has 0 bridgehead atoms. The number of aromatic nitrogens is 3. The van der Waals surface area contributed by atoms with E-state index in [2.05, 4.69) is 67.1 Å². The Morgan fingerprint density at radius 3 is 2.58 bits per heavy atom. The number of rotatable bonds is 10. The number of allylic oxidation sites excluding steroid dienone is 1. The monoisotopic (exact) mass is 452 g/mol. The van der Waals surface area contributed by atoms with Crippen LogP contribution in [0, 0.1) is 6.92 Å². The van der Waals surface area contributed by atoms with Gasteiger partial charge in [-0.2, -0.15) is 0 Å². The number of nitrogens with one attached hydrogen (secondary N) is 1. The van der Waals surface area contributed by atoms with Gasteiger partial charge in [0.2, 0.25) is 5.91 Å². The van der Waals surface area contributed by atoms with Crippen LogP contribution in [-0.2, 0) is 17.1 Å². The third-order valence-electron chi connectivity index (χ3n) is 4.68. The van der Waals surface area contributed by atoms with Crippen LogP contribution in [-0.4, -0.2) is 26.4 Å². The summed E-state index contributed by atoms with van der Waals surface area (Å²) in [4.78, 5) is 13.8. The number of benzene rings is 2. The molecule has 0 aliphatic carbocycles. The molecule has 0 aliphatic rings. The molecule has 31 heavy (non-hydrogen) atoms. The van der Waals surface area contributed by atoms with E-state index in [9.17, 15) is 4.79 Å². The predicted molar refractivity (Wildman–Crippen MR) is 131 cm³/mol. The summed E-state index contributed by atoms with van der Waals surface area (Å²) in [5, 5.41) is 12.4. The summed E-state index contributed by atoms with van der Waals surface area (Å²) in [6.45, 7) is 10.8. The van der Waals surface area contributed by atoms with Crippen LogP contribution < -0.4 is 5.32 Å². The Labute approximate surface area is 192 Å². The molecule has 0 fully saturated rings. The second kappa shape index (κ2) is 11.2. The second-order valence-electron chi connectivity index (χ2n) is 7.48. The average molecular weight is 453 g/mol. The van der Waals surface area contributed by atoms with Crippen LogP contribution in [0.25, 0.3) is 0 Å². The fourth-order valence-corrected chi connectivity index (χ4v) is 4.66.